The molecule has 0 aromatic heterocycles. The van der Waals surface area contributed by atoms with Crippen LogP contribution >= 0.6 is 0 Å². The molecule has 2 rings (SSSR count). The summed E-state index contributed by atoms with van der Waals surface area (Å²) in [7, 11) is 0. The van der Waals surface area contributed by atoms with Crippen LogP contribution < -0.4 is 0 Å². The monoisotopic (exact) mass is 941 g/mol. The van der Waals surface area contributed by atoms with Crippen LogP contribution in [0.15, 0.2) is 0 Å². The molecular weight excluding hydrogens is 861 g/mol. The molecule has 69 heavy (non-hydrogen) atoms. The molecule has 9 nitrogen and oxygen atoms in total. The van der Waals surface area contributed by atoms with E-state index < -0.39 is 39.8 Å². The maximum atomic E-state index is 12.9. The number of aliphatic hydroxyl groups is 1. The first kappa shape index (κ1) is 59.9. The molecule has 2 saturated heterocycles. The molecule has 0 amide bonds. The third kappa shape index (κ3) is 25.8. The zero-order valence-electron chi connectivity index (χ0n) is 43.8. The molecule has 2 heterocycles. The van der Waals surface area contributed by atoms with E-state index in [0.717, 1.165) is 12.8 Å². The molecule has 2 aliphatic rings. The first-order chi connectivity index (χ1) is 32.7. The lowest BCUT2D eigenvalue weighted by Gasteiger charge is -2.54. The average molecular weight is 941 g/mol. The molecule has 372 valence electrons. The van der Waals surface area contributed by atoms with E-state index >= 15 is 0 Å². The normalized spacial score (nSPS) is 17.4. The van der Waals surface area contributed by atoms with Gasteiger partial charge in [0.2, 0.25) is 0 Å². The lowest BCUT2D eigenvalue weighted by molar-refractivity contribution is -0.333. The van der Waals surface area contributed by atoms with Crippen LogP contribution in [0.2, 0.25) is 0 Å². The molecule has 0 saturated carbocycles. The zero-order chi connectivity index (χ0) is 51.1. The Balaban J connectivity index is 1.76. The summed E-state index contributed by atoms with van der Waals surface area (Å²) in [6.45, 7) is 20.3. The predicted octanol–water partition coefficient (Wildman–Crippen LogP) is 10.0. The number of ether oxygens (including phenoxy) is 2. The van der Waals surface area contributed by atoms with E-state index in [0.29, 0.717) is 32.1 Å². The summed E-state index contributed by atoms with van der Waals surface area (Å²) in [5.41, 5.74) is -3.41. The molecule has 9 heteroatoms. The Bertz CT molecular complexity index is 2180. The fourth-order valence-electron chi connectivity index (χ4n) is 9.43. The number of piperidine rings is 2. The van der Waals surface area contributed by atoms with E-state index in [1.807, 2.05) is 37.8 Å². The van der Waals surface area contributed by atoms with Crippen molar-refractivity contribution >= 4 is 11.9 Å². The quantitative estimate of drug-likeness (QED) is 0.0415. The fourth-order valence-corrected chi connectivity index (χ4v) is 9.43. The maximum absolute atomic E-state index is 12.9. The molecule has 2 aliphatic heterocycles. The van der Waals surface area contributed by atoms with Gasteiger partial charge >= 0.3 is 11.9 Å². The summed E-state index contributed by atoms with van der Waals surface area (Å²) < 4.78 is 11.8. The van der Waals surface area contributed by atoms with Gasteiger partial charge in [0.25, 0.3) is 0 Å². The van der Waals surface area contributed by atoms with Gasteiger partial charge in [0, 0.05) is 60.2 Å². The molecule has 0 aliphatic carbocycles. The van der Waals surface area contributed by atoms with Crippen molar-refractivity contribution in [1.82, 2.24) is 10.1 Å². The standard InChI is InChI=1S/C60H80N2O7/c1-12-14-16-18-20-22-24-26-28-30-32-34-36-38-40-42-44-54(63)68-52-46-56(3,4)61(57(5,6)47-52)66-50-60(11,65)51-67-62-58(7,8)48-53(49-59(62,9)10)69-55(64)45-43-41-39-37-35-33-31-29-27-25-23-21-19-17-15-13-2/h1,52-53,65H,13,15,17,19,21,23,25,27,29,31,33,35,37,39,41,43,45-51H2,2-11H3. The SMILES string of the molecule is C#CC#CC#CC#CC#CC#CC#CC#CC#CC(=O)OC1CC(C)(C)N(OCC(C)(O)CON2C(C)(C)CC(OC(=O)CCCCCCCCCCCCCCCCCC)CC2(C)C)C(C)(C)C1. The number of hydroxylamine groups is 4. The zero-order valence-corrected chi connectivity index (χ0v) is 43.8. The summed E-state index contributed by atoms with van der Waals surface area (Å²) in [6, 6.07) is 0. The van der Waals surface area contributed by atoms with Crippen LogP contribution in [0.5, 0.6) is 0 Å². The number of carbonyl (C=O) groups is 2. The van der Waals surface area contributed by atoms with E-state index in [9.17, 15) is 14.7 Å². The van der Waals surface area contributed by atoms with Gasteiger partial charge in [-0.05, 0) is 163 Å². The van der Waals surface area contributed by atoms with Gasteiger partial charge in [-0.1, -0.05) is 103 Å². The Morgan fingerprint density at radius 2 is 0.812 bits per heavy atom. The molecule has 0 radical (unpaired) electrons. The van der Waals surface area contributed by atoms with Gasteiger partial charge < -0.3 is 14.6 Å². The number of rotatable bonds is 25. The van der Waals surface area contributed by atoms with Crippen molar-refractivity contribution in [1.29, 1.82) is 0 Å². The third-order valence-electron chi connectivity index (χ3n) is 12.0. The first-order valence-corrected chi connectivity index (χ1v) is 25.2. The number of hydrogen-bond acceptors (Lipinski definition) is 9. The van der Waals surface area contributed by atoms with Crippen LogP contribution in [0.25, 0.3) is 0 Å². The van der Waals surface area contributed by atoms with Crippen LogP contribution in [0.4, 0.5) is 0 Å². The molecule has 1 atom stereocenters. The Kier molecular flexibility index (Phi) is 27.6. The number of unbranched alkanes of at least 4 members (excludes halogenated alkanes) is 15. The first-order valence-electron chi connectivity index (χ1n) is 25.2. The molecule has 0 bridgehead atoms. The highest BCUT2D eigenvalue weighted by molar-refractivity contribution is 5.89. The lowest BCUT2D eigenvalue weighted by atomic mass is 9.80. The van der Waals surface area contributed by atoms with Crippen molar-refractivity contribution in [3.05, 3.63) is 0 Å². The molecular formula is C60H80N2O7. The summed E-state index contributed by atoms with van der Waals surface area (Å²) >= 11 is 0. The number of carbonyl (C=O) groups excluding carboxylic acids is 2. The topological polar surface area (TPSA) is 97.8 Å². The molecule has 2 fully saturated rings. The second-order valence-electron chi connectivity index (χ2n) is 21.0. The van der Waals surface area contributed by atoms with Crippen molar-refractivity contribution in [3.63, 3.8) is 0 Å². The maximum Gasteiger partial charge on any atom is 0.385 e. The highest BCUT2D eigenvalue weighted by Gasteiger charge is 2.50. The van der Waals surface area contributed by atoms with Crippen LogP contribution in [0.1, 0.15) is 204 Å². The average Bonchev–Trinajstić information content (AvgIpc) is 3.24. The lowest BCUT2D eigenvalue weighted by Crippen LogP contribution is -2.64. The highest BCUT2D eigenvalue weighted by atomic mass is 16.7. The molecule has 0 spiro atoms. The third-order valence-corrected chi connectivity index (χ3v) is 12.0. The van der Waals surface area contributed by atoms with Crippen LogP contribution in [0.3, 0.4) is 0 Å². The van der Waals surface area contributed by atoms with Crippen molar-refractivity contribution in [2.75, 3.05) is 13.2 Å². The molecule has 0 aromatic carbocycles. The number of esters is 2. The van der Waals surface area contributed by atoms with Crippen molar-refractivity contribution < 1.29 is 33.8 Å². The minimum absolute atomic E-state index is 0.00792. The van der Waals surface area contributed by atoms with Crippen LogP contribution in [-0.2, 0) is 28.7 Å². The summed E-state index contributed by atoms with van der Waals surface area (Å²) in [5.74, 6) is 41.0. The Morgan fingerprint density at radius 3 is 1.16 bits per heavy atom. The number of terminal acetylenes is 1. The van der Waals surface area contributed by atoms with Gasteiger partial charge in [-0.15, -0.1) is 6.42 Å². The fraction of sp³-hybridized carbons (Fsp3) is 0.667. The van der Waals surface area contributed by atoms with E-state index in [4.69, 9.17) is 25.6 Å². The van der Waals surface area contributed by atoms with Crippen LogP contribution in [0, 0.1) is 107 Å². The summed E-state index contributed by atoms with van der Waals surface area (Å²) in [4.78, 5) is 38.4. The summed E-state index contributed by atoms with van der Waals surface area (Å²) in [6.07, 6.45) is 27.8. The van der Waals surface area contributed by atoms with Gasteiger partial charge in [0.05, 0.1) is 13.2 Å². The van der Waals surface area contributed by atoms with Gasteiger partial charge in [-0.3, -0.25) is 14.5 Å². The number of hydrogen-bond donors (Lipinski definition) is 1. The van der Waals surface area contributed by atoms with Gasteiger partial charge in [0.15, 0.2) is 0 Å². The summed E-state index contributed by atoms with van der Waals surface area (Å²) in [5, 5.41) is 15.4. The van der Waals surface area contributed by atoms with Crippen molar-refractivity contribution in [3.8, 4) is 107 Å². The molecule has 0 aromatic rings. The highest BCUT2D eigenvalue weighted by Crippen LogP contribution is 2.42. The molecule has 1 unspecified atom stereocenters. The van der Waals surface area contributed by atoms with Crippen molar-refractivity contribution in [2.45, 2.75) is 244 Å². The Labute approximate surface area is 418 Å². The van der Waals surface area contributed by atoms with Gasteiger partial charge in [-0.2, -0.15) is 10.1 Å². The van der Waals surface area contributed by atoms with Crippen LogP contribution in [-0.4, -0.2) is 80.4 Å². The predicted molar refractivity (Wildman–Crippen MR) is 276 cm³/mol. The van der Waals surface area contributed by atoms with E-state index in [1.165, 1.54) is 89.9 Å². The van der Waals surface area contributed by atoms with Gasteiger partial charge in [-0.25, -0.2) is 4.79 Å². The number of nitrogens with zero attached hydrogens (tertiary/aromatic N) is 2. The Hall–Kier alpha value is -5.22. The van der Waals surface area contributed by atoms with E-state index in [2.05, 4.69) is 135 Å². The second kappa shape index (κ2) is 31.8. The van der Waals surface area contributed by atoms with E-state index in [1.54, 1.807) is 6.92 Å². The molecule has 1 N–H and O–H groups in total. The minimum atomic E-state index is -1.34. The van der Waals surface area contributed by atoms with Gasteiger partial charge in [0.1, 0.15) is 17.8 Å². The minimum Gasteiger partial charge on any atom is -0.462 e. The largest absolute Gasteiger partial charge is 0.462 e. The van der Waals surface area contributed by atoms with Crippen molar-refractivity contribution in [2.24, 2.45) is 0 Å². The van der Waals surface area contributed by atoms with E-state index in [-0.39, 0.29) is 25.3 Å². The second-order valence-corrected chi connectivity index (χ2v) is 21.0. The Morgan fingerprint density at radius 1 is 0.507 bits per heavy atom. The smallest absolute Gasteiger partial charge is 0.385 e.